The number of thiophene rings is 1. The highest BCUT2D eigenvalue weighted by atomic mass is 32.1. The molecule has 4 rings (SSSR count). The summed E-state index contributed by atoms with van der Waals surface area (Å²) >= 11 is 1.54. The molecule has 0 aliphatic carbocycles. The number of hydrogen-bond donors (Lipinski definition) is 3. The molecule has 3 N–H and O–H groups in total. The molecule has 0 spiro atoms. The van der Waals surface area contributed by atoms with Crippen LogP contribution in [0.15, 0.2) is 35.0 Å². The van der Waals surface area contributed by atoms with Crippen molar-refractivity contribution in [2.45, 2.75) is 43.9 Å². The van der Waals surface area contributed by atoms with E-state index in [0.717, 1.165) is 24.0 Å². The summed E-state index contributed by atoms with van der Waals surface area (Å²) in [4.78, 5) is 22.2. The van der Waals surface area contributed by atoms with Crippen molar-refractivity contribution in [2.75, 3.05) is 11.4 Å². The number of hydrogen-bond acceptors (Lipinski definition) is 4. The van der Waals surface area contributed by atoms with Crippen molar-refractivity contribution < 1.29 is 37.4 Å². The molecule has 2 aliphatic heterocycles. The fraction of sp³-hybridized carbons (Fsp3) is 0.429. The minimum atomic E-state index is -5.08. The van der Waals surface area contributed by atoms with Crippen LogP contribution in [0.4, 0.5) is 28.0 Å². The summed E-state index contributed by atoms with van der Waals surface area (Å²) in [6.07, 6.45) is -1.77. The second-order valence-electron chi connectivity index (χ2n) is 7.84. The molecule has 6 nitrogen and oxygen atoms in total. The number of anilines is 1. The van der Waals surface area contributed by atoms with Crippen LogP contribution in [0.3, 0.4) is 0 Å². The van der Waals surface area contributed by atoms with Crippen LogP contribution in [0, 0.1) is 11.7 Å². The first-order valence-corrected chi connectivity index (χ1v) is 10.9. The van der Waals surface area contributed by atoms with E-state index < -0.39 is 24.1 Å². The first-order chi connectivity index (χ1) is 15.0. The number of carboxylic acids is 1. The first-order valence-electron chi connectivity index (χ1n) is 9.93. The number of aliphatic carboxylic acids is 1. The van der Waals surface area contributed by atoms with E-state index >= 15 is 0 Å². The Morgan fingerprint density at radius 1 is 1.12 bits per heavy atom. The van der Waals surface area contributed by atoms with E-state index in [0.29, 0.717) is 30.2 Å². The SMILES string of the molecule is O=C(O)C(F)(F)F.O=C(O)N(C[C@H]1C[C@H]2CC[C@@H](C1)N2)c1cc(F)ccc1-c1ccsc1. The molecule has 32 heavy (non-hydrogen) atoms. The topological polar surface area (TPSA) is 89.9 Å². The van der Waals surface area contributed by atoms with Crippen LogP contribution in [0.1, 0.15) is 25.7 Å². The van der Waals surface area contributed by atoms with Gasteiger partial charge in [-0.25, -0.2) is 14.0 Å². The van der Waals surface area contributed by atoms with Gasteiger partial charge in [-0.05, 0) is 72.2 Å². The Morgan fingerprint density at radius 2 is 1.75 bits per heavy atom. The van der Waals surface area contributed by atoms with E-state index in [1.54, 1.807) is 17.4 Å². The van der Waals surface area contributed by atoms with Crippen LogP contribution in [0.25, 0.3) is 11.1 Å². The van der Waals surface area contributed by atoms with Crippen molar-refractivity contribution in [1.29, 1.82) is 0 Å². The number of nitrogens with one attached hydrogen (secondary N) is 1. The third-order valence-electron chi connectivity index (χ3n) is 5.57. The number of amides is 1. The average molecular weight is 474 g/mol. The number of fused-ring (bicyclic) bond motifs is 2. The van der Waals surface area contributed by atoms with Gasteiger partial charge in [0, 0.05) is 24.2 Å². The normalized spacial score (nSPS) is 22.1. The van der Waals surface area contributed by atoms with Gasteiger partial charge in [-0.1, -0.05) is 0 Å². The predicted molar refractivity (Wildman–Crippen MR) is 111 cm³/mol. The number of nitrogens with zero attached hydrogens (tertiary/aromatic N) is 1. The van der Waals surface area contributed by atoms with E-state index in [4.69, 9.17) is 9.90 Å². The van der Waals surface area contributed by atoms with Crippen LogP contribution in [-0.4, -0.2) is 47.1 Å². The summed E-state index contributed by atoms with van der Waals surface area (Å²) in [5.41, 5.74) is 2.13. The van der Waals surface area contributed by atoms with E-state index in [2.05, 4.69) is 5.32 Å². The number of alkyl halides is 3. The Balaban J connectivity index is 0.000000360. The zero-order valence-electron chi connectivity index (χ0n) is 16.8. The van der Waals surface area contributed by atoms with Crippen LogP contribution < -0.4 is 10.2 Å². The molecule has 174 valence electrons. The van der Waals surface area contributed by atoms with Gasteiger partial charge < -0.3 is 15.5 Å². The van der Waals surface area contributed by atoms with Gasteiger partial charge in [-0.3, -0.25) is 4.90 Å². The molecular formula is C21H22F4N2O4S. The summed E-state index contributed by atoms with van der Waals surface area (Å²) in [6.45, 7) is 0.421. The number of rotatable bonds is 4. The van der Waals surface area contributed by atoms with Gasteiger partial charge in [0.2, 0.25) is 0 Å². The van der Waals surface area contributed by atoms with Gasteiger partial charge in [-0.2, -0.15) is 24.5 Å². The molecular weight excluding hydrogens is 452 g/mol. The Morgan fingerprint density at radius 3 is 2.25 bits per heavy atom. The maximum absolute atomic E-state index is 13.9. The molecule has 2 aliphatic rings. The second-order valence-corrected chi connectivity index (χ2v) is 8.62. The van der Waals surface area contributed by atoms with Crippen molar-refractivity contribution in [1.82, 2.24) is 5.32 Å². The lowest BCUT2D eigenvalue weighted by atomic mass is 9.91. The molecule has 11 heteroatoms. The average Bonchev–Trinajstić information content (AvgIpc) is 3.35. The third kappa shape index (κ3) is 5.98. The number of halogens is 4. The molecule has 2 bridgehead atoms. The number of carboxylic acid groups (broad SMARTS) is 2. The van der Waals surface area contributed by atoms with Crippen molar-refractivity contribution in [2.24, 2.45) is 5.92 Å². The predicted octanol–water partition coefficient (Wildman–Crippen LogP) is 5.20. The summed E-state index contributed by atoms with van der Waals surface area (Å²) < 4.78 is 45.6. The molecule has 0 unspecified atom stereocenters. The summed E-state index contributed by atoms with van der Waals surface area (Å²) in [5, 5.41) is 24.4. The fourth-order valence-corrected chi connectivity index (χ4v) is 4.91. The summed E-state index contributed by atoms with van der Waals surface area (Å²) in [7, 11) is 0. The molecule has 2 saturated heterocycles. The molecule has 2 fully saturated rings. The number of piperidine rings is 1. The highest BCUT2D eigenvalue weighted by Crippen LogP contribution is 2.36. The van der Waals surface area contributed by atoms with Gasteiger partial charge in [0.25, 0.3) is 0 Å². The van der Waals surface area contributed by atoms with E-state index in [9.17, 15) is 27.5 Å². The molecule has 1 amide bonds. The van der Waals surface area contributed by atoms with Crippen LogP contribution in [0.5, 0.6) is 0 Å². The number of benzene rings is 1. The van der Waals surface area contributed by atoms with Crippen molar-refractivity contribution in [3.05, 3.63) is 40.8 Å². The Hall–Kier alpha value is -2.66. The minimum Gasteiger partial charge on any atom is -0.475 e. The first kappa shape index (κ1) is 24.0. The van der Waals surface area contributed by atoms with Gasteiger partial charge >= 0.3 is 18.2 Å². The highest BCUT2D eigenvalue weighted by Gasteiger charge is 2.38. The molecule has 0 saturated carbocycles. The lowest BCUT2D eigenvalue weighted by Gasteiger charge is -2.33. The maximum Gasteiger partial charge on any atom is 0.490 e. The molecule has 1 aromatic heterocycles. The lowest BCUT2D eigenvalue weighted by molar-refractivity contribution is -0.192. The third-order valence-corrected chi connectivity index (χ3v) is 6.25. The summed E-state index contributed by atoms with van der Waals surface area (Å²) in [5.74, 6) is -2.86. The summed E-state index contributed by atoms with van der Waals surface area (Å²) in [6, 6.07) is 7.35. The number of carbonyl (C=O) groups is 2. The van der Waals surface area contributed by atoms with Gasteiger partial charge in [0.15, 0.2) is 0 Å². The molecule has 3 heterocycles. The monoisotopic (exact) mass is 474 g/mol. The van der Waals surface area contributed by atoms with E-state index in [-0.39, 0.29) is 0 Å². The van der Waals surface area contributed by atoms with Gasteiger partial charge in [0.1, 0.15) is 5.82 Å². The van der Waals surface area contributed by atoms with Crippen molar-refractivity contribution in [3.63, 3.8) is 0 Å². The van der Waals surface area contributed by atoms with Crippen LogP contribution in [-0.2, 0) is 4.79 Å². The van der Waals surface area contributed by atoms with Crippen LogP contribution >= 0.6 is 11.3 Å². The molecule has 3 atom stereocenters. The van der Waals surface area contributed by atoms with Crippen molar-refractivity contribution >= 4 is 29.1 Å². The van der Waals surface area contributed by atoms with E-state index in [1.807, 2.05) is 16.8 Å². The maximum atomic E-state index is 13.9. The van der Waals surface area contributed by atoms with E-state index in [1.165, 1.54) is 29.9 Å². The Bertz CT molecular complexity index is 940. The Kier molecular flexibility index (Phi) is 7.40. The van der Waals surface area contributed by atoms with Crippen LogP contribution in [0.2, 0.25) is 0 Å². The molecule has 2 aromatic rings. The zero-order chi connectivity index (χ0) is 23.5. The van der Waals surface area contributed by atoms with Gasteiger partial charge in [0.05, 0.1) is 5.69 Å². The second kappa shape index (κ2) is 9.86. The largest absolute Gasteiger partial charge is 0.490 e. The smallest absolute Gasteiger partial charge is 0.475 e. The minimum absolute atomic E-state index is 0.313. The molecule has 1 aromatic carbocycles. The standard InChI is InChI=1S/C19H21FN2O2S.C2HF3O2/c20-14-1-4-17(13-5-6-25-11-13)18(9-14)22(19(23)24)10-12-7-15-2-3-16(8-12)21-15;3-2(4,5)1(6)7/h1,4-6,9,11-12,15-16,21H,2-3,7-8,10H2,(H,23,24);(H,6,7)/t12-,15+,16-;. The highest BCUT2D eigenvalue weighted by molar-refractivity contribution is 7.08. The lowest BCUT2D eigenvalue weighted by Crippen LogP contribution is -2.43. The van der Waals surface area contributed by atoms with Gasteiger partial charge in [-0.15, -0.1) is 0 Å². The fourth-order valence-electron chi connectivity index (χ4n) is 4.25. The zero-order valence-corrected chi connectivity index (χ0v) is 17.6. The van der Waals surface area contributed by atoms with Crippen molar-refractivity contribution in [3.8, 4) is 11.1 Å². The Labute approximate surface area is 185 Å². The quantitative estimate of drug-likeness (QED) is 0.530. The molecule has 0 radical (unpaired) electrons.